The lowest BCUT2D eigenvalue weighted by atomic mass is 9.90. The van der Waals surface area contributed by atoms with Gasteiger partial charge in [-0.3, -0.25) is 0 Å². The van der Waals surface area contributed by atoms with E-state index in [1.54, 1.807) is 0 Å². The van der Waals surface area contributed by atoms with Gasteiger partial charge in [0.1, 0.15) is 45.4 Å². The maximum absolute atomic E-state index is 6.92. The van der Waals surface area contributed by atoms with Gasteiger partial charge in [0.2, 0.25) is 0 Å². The molecule has 9 aromatic carbocycles. The molecule has 5 heterocycles. The van der Waals surface area contributed by atoms with Crippen LogP contribution in [-0.2, 0) is 0 Å². The molecule has 2 atom stereocenters. The number of hydrogen-bond acceptors (Lipinski definition) is 9. The average Bonchev–Trinajstić information content (AvgIpc) is 4.25. The summed E-state index contributed by atoms with van der Waals surface area (Å²) >= 11 is 0. The molecule has 0 fully saturated rings. The predicted octanol–water partition coefficient (Wildman–Crippen LogP) is 17.0. The van der Waals surface area contributed by atoms with E-state index in [2.05, 4.69) is 218 Å². The van der Waals surface area contributed by atoms with Crippen LogP contribution >= 0.6 is 0 Å². The molecule has 352 valence electrons. The van der Waals surface area contributed by atoms with Crippen molar-refractivity contribution in [1.82, 2.24) is 0 Å². The van der Waals surface area contributed by atoms with Crippen LogP contribution in [0.15, 0.2) is 218 Å². The first-order valence-electron chi connectivity index (χ1n) is 24.7. The smallest absolute Gasteiger partial charge is 0.159 e. The van der Waals surface area contributed by atoms with E-state index in [1.807, 2.05) is 24.3 Å². The van der Waals surface area contributed by atoms with Gasteiger partial charge in [-0.15, -0.1) is 0 Å². The molecular formula is C64H46N4O5. The van der Waals surface area contributed by atoms with E-state index in [0.717, 1.165) is 145 Å². The molecule has 73 heavy (non-hydrogen) atoms. The van der Waals surface area contributed by atoms with Crippen LogP contribution < -0.4 is 24.3 Å². The van der Waals surface area contributed by atoms with E-state index < -0.39 is 0 Å². The summed E-state index contributed by atoms with van der Waals surface area (Å²) in [5, 5.41) is 8.27. The van der Waals surface area contributed by atoms with Crippen LogP contribution in [0.5, 0.6) is 5.75 Å². The second kappa shape index (κ2) is 15.6. The largest absolute Gasteiger partial charge is 0.485 e. The van der Waals surface area contributed by atoms with Crippen molar-refractivity contribution in [2.75, 3.05) is 47.8 Å². The number of ether oxygens (including phenoxy) is 1. The minimum atomic E-state index is -0.230. The Labute approximate surface area is 419 Å². The zero-order chi connectivity index (χ0) is 48.6. The molecule has 1 aliphatic heterocycles. The maximum atomic E-state index is 6.92. The standard InChI is InChI=1S/C64H46N4O5/c1-65(2)37-19-23-39(24-20-37)67(53-15-9-13-47-43-11-5-7-17-55(43)72-63(47)53)41-27-29-45-49-33-61-51(35-59(49)69-57(45)31-41)52-36-60-50(34-62(52)71-61)46-30-28-42(32-58(46)70-60)68(40-25-21-38(22-26-40)66(3)4)54-16-10-14-48-44-12-6-8-18-56(44)73-64(48)54/h5-36,45,57H,1-4H3. The van der Waals surface area contributed by atoms with E-state index in [0.29, 0.717) is 0 Å². The zero-order valence-electron chi connectivity index (χ0n) is 40.5. The van der Waals surface area contributed by atoms with Crippen molar-refractivity contribution >= 4 is 128 Å². The van der Waals surface area contributed by atoms with Crippen molar-refractivity contribution in [3.8, 4) is 5.75 Å². The number of rotatable bonds is 8. The fourth-order valence-corrected chi connectivity index (χ4v) is 11.4. The molecule has 2 unspecified atom stereocenters. The highest BCUT2D eigenvalue weighted by molar-refractivity contribution is 6.16. The molecule has 0 radical (unpaired) electrons. The number of anilines is 7. The van der Waals surface area contributed by atoms with Gasteiger partial charge < -0.3 is 42.0 Å². The molecule has 0 amide bonds. The van der Waals surface area contributed by atoms with Crippen molar-refractivity contribution < 1.29 is 22.4 Å². The Kier molecular flexibility index (Phi) is 8.84. The number of allylic oxidation sites excluding steroid dienone is 1. The Bertz CT molecular complexity index is 4450. The SMILES string of the molecule is CN(C)c1ccc(N(C2=CC3Oc4cc5c(cc4C3C=C2)oc2cc3c(cc25)oc2cc(N(c4ccc(N(C)C)cc4)c4cccc5c4oc4ccccc45)ccc23)c2cccc3c2oc2ccccc23)cc1. The summed E-state index contributed by atoms with van der Waals surface area (Å²) in [6, 6.07) is 61.4. The first-order valence-corrected chi connectivity index (χ1v) is 24.7. The van der Waals surface area contributed by atoms with Crippen molar-refractivity contribution in [3.05, 3.63) is 205 Å². The monoisotopic (exact) mass is 950 g/mol. The van der Waals surface area contributed by atoms with Gasteiger partial charge in [-0.25, -0.2) is 0 Å². The van der Waals surface area contributed by atoms with E-state index in [4.69, 9.17) is 22.4 Å². The Balaban J connectivity index is 0.800. The predicted molar refractivity (Wildman–Crippen MR) is 298 cm³/mol. The van der Waals surface area contributed by atoms with Crippen molar-refractivity contribution in [3.63, 3.8) is 0 Å². The van der Waals surface area contributed by atoms with E-state index in [9.17, 15) is 0 Å². The Morgan fingerprint density at radius 2 is 0.849 bits per heavy atom. The normalized spacial score (nSPS) is 15.3. The number of hydrogen-bond donors (Lipinski definition) is 0. The molecule has 9 nitrogen and oxygen atoms in total. The quantitative estimate of drug-likeness (QED) is 0.148. The van der Waals surface area contributed by atoms with Gasteiger partial charge in [0.05, 0.1) is 17.1 Å². The molecular weight excluding hydrogens is 905 g/mol. The van der Waals surface area contributed by atoms with Crippen molar-refractivity contribution in [2.45, 2.75) is 12.0 Å². The van der Waals surface area contributed by atoms with Crippen molar-refractivity contribution in [1.29, 1.82) is 0 Å². The molecule has 4 aromatic heterocycles. The van der Waals surface area contributed by atoms with E-state index in [-0.39, 0.29) is 12.0 Å². The summed E-state index contributed by atoms with van der Waals surface area (Å²) in [5.74, 6) is 0.858. The maximum Gasteiger partial charge on any atom is 0.159 e. The Hall–Kier alpha value is -9.34. The molecule has 0 bridgehead atoms. The van der Waals surface area contributed by atoms with Gasteiger partial charge in [0.15, 0.2) is 11.2 Å². The van der Waals surface area contributed by atoms with Crippen LogP contribution in [0, 0.1) is 0 Å². The highest BCUT2D eigenvalue weighted by Crippen LogP contribution is 2.50. The Morgan fingerprint density at radius 3 is 1.47 bits per heavy atom. The Morgan fingerprint density at radius 1 is 0.370 bits per heavy atom. The summed E-state index contributed by atoms with van der Waals surface area (Å²) in [5.41, 5.74) is 15.8. The number of benzene rings is 9. The lowest BCUT2D eigenvalue weighted by Gasteiger charge is -2.30. The van der Waals surface area contributed by atoms with Crippen LogP contribution in [-0.4, -0.2) is 34.3 Å². The molecule has 0 N–H and O–H groups in total. The number of fused-ring (bicyclic) bond motifs is 15. The second-order valence-corrected chi connectivity index (χ2v) is 19.7. The lowest BCUT2D eigenvalue weighted by molar-refractivity contribution is 0.268. The second-order valence-electron chi connectivity index (χ2n) is 19.7. The molecule has 0 saturated heterocycles. The summed E-state index contributed by atoms with van der Waals surface area (Å²) in [6.45, 7) is 0. The first kappa shape index (κ1) is 41.4. The minimum Gasteiger partial charge on any atom is -0.485 e. The summed E-state index contributed by atoms with van der Waals surface area (Å²) in [6.07, 6.45) is 6.50. The molecule has 1 aliphatic carbocycles. The highest BCUT2D eigenvalue weighted by Gasteiger charge is 2.36. The zero-order valence-corrected chi connectivity index (χ0v) is 40.5. The van der Waals surface area contributed by atoms with Gasteiger partial charge in [0, 0.05) is 117 Å². The molecule has 9 heteroatoms. The van der Waals surface area contributed by atoms with Gasteiger partial charge in [-0.1, -0.05) is 66.7 Å². The summed E-state index contributed by atoms with van der Waals surface area (Å²) < 4.78 is 33.7. The molecule has 0 saturated carbocycles. The third kappa shape index (κ3) is 6.34. The van der Waals surface area contributed by atoms with Gasteiger partial charge >= 0.3 is 0 Å². The van der Waals surface area contributed by atoms with Crippen LogP contribution in [0.1, 0.15) is 11.5 Å². The molecule has 2 aliphatic rings. The first-order chi connectivity index (χ1) is 35.8. The third-order valence-corrected chi connectivity index (χ3v) is 15.0. The van der Waals surface area contributed by atoms with Gasteiger partial charge in [0.25, 0.3) is 0 Å². The van der Waals surface area contributed by atoms with E-state index >= 15 is 0 Å². The molecule has 0 spiro atoms. The number of furan rings is 4. The number of para-hydroxylation sites is 4. The number of nitrogens with zero attached hydrogens (tertiary/aromatic N) is 4. The average molecular weight is 951 g/mol. The van der Waals surface area contributed by atoms with Crippen LogP contribution in [0.3, 0.4) is 0 Å². The lowest BCUT2D eigenvalue weighted by Crippen LogP contribution is -2.24. The van der Waals surface area contributed by atoms with Crippen LogP contribution in [0.2, 0.25) is 0 Å². The highest BCUT2D eigenvalue weighted by atomic mass is 16.5. The van der Waals surface area contributed by atoms with E-state index in [1.165, 1.54) is 0 Å². The fraction of sp³-hybridized carbons (Fsp3) is 0.0938. The van der Waals surface area contributed by atoms with Crippen molar-refractivity contribution in [2.24, 2.45) is 0 Å². The van der Waals surface area contributed by atoms with Crippen LogP contribution in [0.25, 0.3) is 87.8 Å². The summed E-state index contributed by atoms with van der Waals surface area (Å²) in [4.78, 5) is 8.76. The fourth-order valence-electron chi connectivity index (χ4n) is 11.4. The molecule has 13 aromatic rings. The summed E-state index contributed by atoms with van der Waals surface area (Å²) in [7, 11) is 8.23. The van der Waals surface area contributed by atoms with Crippen LogP contribution in [0.4, 0.5) is 39.8 Å². The van der Waals surface area contributed by atoms with Gasteiger partial charge in [-0.05, 0) is 121 Å². The van der Waals surface area contributed by atoms with Gasteiger partial charge in [-0.2, -0.15) is 0 Å². The minimum absolute atomic E-state index is 0.00930. The molecule has 15 rings (SSSR count). The topological polar surface area (TPSA) is 74.8 Å². The third-order valence-electron chi connectivity index (χ3n) is 15.0.